The summed E-state index contributed by atoms with van der Waals surface area (Å²) in [7, 11) is 0. The summed E-state index contributed by atoms with van der Waals surface area (Å²) in [5, 5.41) is 11.1. The Bertz CT molecular complexity index is 417. The van der Waals surface area contributed by atoms with Crippen molar-refractivity contribution in [3.05, 3.63) is 0 Å². The van der Waals surface area contributed by atoms with Crippen LogP contribution in [0.3, 0.4) is 0 Å². The lowest BCUT2D eigenvalue weighted by molar-refractivity contribution is -0.141. The van der Waals surface area contributed by atoms with Crippen molar-refractivity contribution in [3.8, 4) is 0 Å². The first-order chi connectivity index (χ1) is 9.31. The maximum atomic E-state index is 11.9. The lowest BCUT2D eigenvalue weighted by Crippen LogP contribution is -2.51. The number of nitrogens with one attached hydrogen (secondary N) is 1. The Balaban J connectivity index is 2.52. The number of urea groups is 1. The van der Waals surface area contributed by atoms with E-state index in [0.717, 1.165) is 0 Å². The van der Waals surface area contributed by atoms with Gasteiger partial charge in [0.15, 0.2) is 0 Å². The molecule has 0 aliphatic carbocycles. The van der Waals surface area contributed by atoms with Crippen LogP contribution in [-0.2, 0) is 14.4 Å². The van der Waals surface area contributed by atoms with E-state index >= 15 is 0 Å². The predicted octanol–water partition coefficient (Wildman–Crippen LogP) is -1.78. The van der Waals surface area contributed by atoms with Crippen molar-refractivity contribution in [1.29, 1.82) is 0 Å². The zero-order valence-corrected chi connectivity index (χ0v) is 10.9. The molecule has 9 heteroatoms. The molecule has 0 radical (unpaired) electrons. The molecule has 1 heterocycles. The monoisotopic (exact) mass is 286 g/mol. The van der Waals surface area contributed by atoms with Gasteiger partial charge in [-0.05, 0) is 12.8 Å². The number of nitrogens with two attached hydrogens (primary N) is 2. The van der Waals surface area contributed by atoms with Crippen molar-refractivity contribution in [2.45, 2.75) is 25.3 Å². The molecule has 0 saturated carbocycles. The molecule has 0 aromatic heterocycles. The number of carbonyl (C=O) groups excluding carboxylic acids is 3. The van der Waals surface area contributed by atoms with E-state index < -0.39 is 36.3 Å². The summed E-state index contributed by atoms with van der Waals surface area (Å²) < 4.78 is 0. The Morgan fingerprint density at radius 3 is 2.15 bits per heavy atom. The van der Waals surface area contributed by atoms with Gasteiger partial charge in [0, 0.05) is 19.0 Å². The van der Waals surface area contributed by atoms with Crippen LogP contribution in [0.15, 0.2) is 0 Å². The molecule has 4 amide bonds. The number of likely N-dealkylation sites (tertiary alicyclic amines) is 1. The lowest BCUT2D eigenvalue weighted by Gasteiger charge is -2.31. The molecule has 1 rings (SSSR count). The van der Waals surface area contributed by atoms with E-state index in [1.165, 1.54) is 4.90 Å². The average Bonchev–Trinajstić information content (AvgIpc) is 2.37. The van der Waals surface area contributed by atoms with Crippen LogP contribution in [-0.4, -0.2) is 53.0 Å². The molecule has 112 valence electrons. The van der Waals surface area contributed by atoms with E-state index in [4.69, 9.17) is 16.6 Å². The van der Waals surface area contributed by atoms with E-state index in [1.54, 1.807) is 0 Å². The molecule has 9 nitrogen and oxygen atoms in total. The molecule has 1 aliphatic heterocycles. The third kappa shape index (κ3) is 4.41. The first kappa shape index (κ1) is 15.7. The molecule has 1 atom stereocenters. The van der Waals surface area contributed by atoms with Crippen LogP contribution < -0.4 is 16.8 Å². The van der Waals surface area contributed by atoms with Crippen LogP contribution >= 0.6 is 0 Å². The number of nitrogens with zero attached hydrogens (tertiary/aromatic N) is 1. The number of piperidine rings is 1. The number of hydrogen-bond acceptors (Lipinski definition) is 4. The van der Waals surface area contributed by atoms with Crippen molar-refractivity contribution >= 4 is 23.8 Å². The molecule has 1 saturated heterocycles. The van der Waals surface area contributed by atoms with Gasteiger partial charge in [-0.2, -0.15) is 0 Å². The molecule has 0 unspecified atom stereocenters. The number of carboxylic acids is 1. The molecule has 20 heavy (non-hydrogen) atoms. The van der Waals surface area contributed by atoms with Gasteiger partial charge >= 0.3 is 12.0 Å². The number of carboxylic acid groups (broad SMARTS) is 1. The maximum Gasteiger partial charge on any atom is 0.326 e. The minimum Gasteiger partial charge on any atom is -0.480 e. The summed E-state index contributed by atoms with van der Waals surface area (Å²) in [6, 6.07) is -1.95. The Hall–Kier alpha value is -2.32. The van der Waals surface area contributed by atoms with Gasteiger partial charge in [-0.3, -0.25) is 9.59 Å². The average molecular weight is 286 g/mol. The third-order valence-electron chi connectivity index (χ3n) is 3.19. The van der Waals surface area contributed by atoms with Gasteiger partial charge in [0.2, 0.25) is 11.8 Å². The molecular formula is C11H18N4O5. The van der Waals surface area contributed by atoms with E-state index in [9.17, 15) is 19.2 Å². The smallest absolute Gasteiger partial charge is 0.326 e. The Morgan fingerprint density at radius 1 is 1.20 bits per heavy atom. The highest BCUT2D eigenvalue weighted by molar-refractivity contribution is 5.87. The number of primary amides is 2. The topological polar surface area (TPSA) is 156 Å². The first-order valence-corrected chi connectivity index (χ1v) is 6.17. The van der Waals surface area contributed by atoms with Crippen molar-refractivity contribution in [1.82, 2.24) is 10.2 Å². The van der Waals surface area contributed by atoms with Crippen LogP contribution in [0.4, 0.5) is 4.79 Å². The largest absolute Gasteiger partial charge is 0.480 e. The zero-order valence-electron chi connectivity index (χ0n) is 10.9. The van der Waals surface area contributed by atoms with Crippen LogP contribution in [0, 0.1) is 5.92 Å². The highest BCUT2D eigenvalue weighted by atomic mass is 16.4. The van der Waals surface area contributed by atoms with Crippen molar-refractivity contribution < 1.29 is 24.3 Å². The SMILES string of the molecule is NC(=O)C[C@@H](NC(=O)N1CCC(C(N)=O)CC1)C(=O)O. The van der Waals surface area contributed by atoms with E-state index in [1.807, 2.05) is 0 Å². The van der Waals surface area contributed by atoms with E-state index in [0.29, 0.717) is 25.9 Å². The van der Waals surface area contributed by atoms with Crippen LogP contribution in [0.25, 0.3) is 0 Å². The molecule has 0 aromatic rings. The highest BCUT2D eigenvalue weighted by Crippen LogP contribution is 2.16. The van der Waals surface area contributed by atoms with Gasteiger partial charge in [-0.1, -0.05) is 0 Å². The standard InChI is InChI=1S/C11H18N4O5/c12-8(16)5-7(10(18)19)14-11(20)15-3-1-6(2-4-15)9(13)17/h6-7H,1-5H2,(H2,12,16)(H2,13,17)(H,14,20)(H,18,19)/t7-/m1/s1. The Labute approximate surface area is 115 Å². The molecular weight excluding hydrogens is 268 g/mol. The summed E-state index contributed by atoms with van der Waals surface area (Å²) in [4.78, 5) is 45.9. The summed E-state index contributed by atoms with van der Waals surface area (Å²) in [6.07, 6.45) is 0.408. The number of aliphatic carboxylic acids is 1. The Kier molecular flexibility index (Phi) is 5.30. The molecule has 0 aromatic carbocycles. The van der Waals surface area contributed by atoms with Gasteiger partial charge in [0.1, 0.15) is 6.04 Å². The summed E-state index contributed by atoms with van der Waals surface area (Å²) in [5.74, 6) is -2.81. The number of carbonyl (C=O) groups is 4. The fourth-order valence-electron chi connectivity index (χ4n) is 2.01. The van der Waals surface area contributed by atoms with Crippen LogP contribution in [0.5, 0.6) is 0 Å². The normalized spacial score (nSPS) is 17.3. The second kappa shape index (κ2) is 6.73. The summed E-state index contributed by atoms with van der Waals surface area (Å²) in [5.41, 5.74) is 10.1. The molecule has 0 bridgehead atoms. The minimum atomic E-state index is -1.35. The van der Waals surface area contributed by atoms with E-state index in [2.05, 4.69) is 5.32 Å². The van der Waals surface area contributed by atoms with Gasteiger partial charge in [0.25, 0.3) is 0 Å². The quantitative estimate of drug-likeness (QED) is 0.470. The van der Waals surface area contributed by atoms with Gasteiger partial charge in [0.05, 0.1) is 6.42 Å². The molecule has 6 N–H and O–H groups in total. The summed E-state index contributed by atoms with van der Waals surface area (Å²) >= 11 is 0. The minimum absolute atomic E-state index is 0.264. The Morgan fingerprint density at radius 2 is 1.75 bits per heavy atom. The zero-order chi connectivity index (χ0) is 15.3. The van der Waals surface area contributed by atoms with Crippen LogP contribution in [0.1, 0.15) is 19.3 Å². The van der Waals surface area contributed by atoms with Crippen molar-refractivity contribution in [2.24, 2.45) is 17.4 Å². The van der Waals surface area contributed by atoms with Crippen molar-refractivity contribution in [3.63, 3.8) is 0 Å². The number of rotatable bonds is 5. The fraction of sp³-hybridized carbons (Fsp3) is 0.636. The van der Waals surface area contributed by atoms with Crippen LogP contribution in [0.2, 0.25) is 0 Å². The third-order valence-corrected chi connectivity index (χ3v) is 3.19. The van der Waals surface area contributed by atoms with E-state index in [-0.39, 0.29) is 5.92 Å². The van der Waals surface area contributed by atoms with Crippen molar-refractivity contribution in [2.75, 3.05) is 13.1 Å². The molecule has 0 spiro atoms. The summed E-state index contributed by atoms with van der Waals surface area (Å²) in [6.45, 7) is 0.616. The number of amides is 4. The first-order valence-electron chi connectivity index (χ1n) is 6.17. The van der Waals surface area contributed by atoms with Gasteiger partial charge in [-0.25, -0.2) is 9.59 Å². The maximum absolute atomic E-state index is 11.9. The van der Waals surface area contributed by atoms with Gasteiger partial charge in [-0.15, -0.1) is 0 Å². The lowest BCUT2D eigenvalue weighted by atomic mass is 9.96. The second-order valence-corrected chi connectivity index (χ2v) is 4.67. The predicted molar refractivity (Wildman–Crippen MR) is 67.3 cm³/mol. The second-order valence-electron chi connectivity index (χ2n) is 4.67. The molecule has 1 aliphatic rings. The number of hydrogen-bond donors (Lipinski definition) is 4. The van der Waals surface area contributed by atoms with Gasteiger partial charge < -0.3 is 26.8 Å². The molecule has 1 fully saturated rings. The highest BCUT2D eigenvalue weighted by Gasteiger charge is 2.29. The fourth-order valence-corrected chi connectivity index (χ4v) is 2.01.